The van der Waals surface area contributed by atoms with Crippen LogP contribution in [0.2, 0.25) is 0 Å². The summed E-state index contributed by atoms with van der Waals surface area (Å²) < 4.78 is 5.12. The first kappa shape index (κ1) is 17.0. The summed E-state index contributed by atoms with van der Waals surface area (Å²) in [6.45, 7) is 2.05. The summed E-state index contributed by atoms with van der Waals surface area (Å²) in [4.78, 5) is 36.3. The van der Waals surface area contributed by atoms with Crippen molar-refractivity contribution in [2.24, 2.45) is 10.6 Å². The normalized spacial score (nSPS) is 18.3. The number of hydrogen-bond acceptors (Lipinski definition) is 6. The number of nitrogens with one attached hydrogen (secondary N) is 1. The molecule has 138 valence electrons. The summed E-state index contributed by atoms with van der Waals surface area (Å²) in [6, 6.07) is 1.32. The fraction of sp³-hybridized carbons (Fsp3) is 0.579. The van der Waals surface area contributed by atoms with Gasteiger partial charge in [-0.15, -0.1) is 0 Å². The summed E-state index contributed by atoms with van der Waals surface area (Å²) in [5, 5.41) is 4.46. The molecular weight excluding hydrogens is 334 g/mol. The molecule has 2 saturated carbocycles. The summed E-state index contributed by atoms with van der Waals surface area (Å²) in [7, 11) is 0. The van der Waals surface area contributed by atoms with Crippen molar-refractivity contribution in [3.8, 4) is 6.01 Å². The molecule has 2 fully saturated rings. The molecule has 2 aromatic rings. The smallest absolute Gasteiger partial charge is 0.337 e. The molecule has 4 rings (SSSR count). The molecule has 0 aliphatic heterocycles. The van der Waals surface area contributed by atoms with Gasteiger partial charge in [-0.05, 0) is 62.3 Å². The van der Waals surface area contributed by atoms with Crippen LogP contribution in [0.3, 0.4) is 0 Å². The van der Waals surface area contributed by atoms with Crippen LogP contribution in [-0.2, 0) is 6.42 Å². The molecule has 2 aliphatic rings. The van der Waals surface area contributed by atoms with Crippen LogP contribution in [0.4, 0.5) is 0 Å². The maximum atomic E-state index is 12.5. The highest BCUT2D eigenvalue weighted by Crippen LogP contribution is 2.55. The molecule has 0 atom stereocenters. The van der Waals surface area contributed by atoms with Gasteiger partial charge in [0.2, 0.25) is 5.71 Å². The van der Waals surface area contributed by atoms with Gasteiger partial charge in [0.25, 0.3) is 5.56 Å². The van der Waals surface area contributed by atoms with E-state index in [1.54, 1.807) is 0 Å². The Morgan fingerprint density at radius 1 is 1.27 bits per heavy atom. The molecule has 0 bridgehead atoms. The van der Waals surface area contributed by atoms with Gasteiger partial charge in [0.1, 0.15) is 5.39 Å². The fourth-order valence-corrected chi connectivity index (χ4v) is 3.68. The quantitative estimate of drug-likeness (QED) is 0.828. The van der Waals surface area contributed by atoms with Gasteiger partial charge in [-0.3, -0.25) is 9.78 Å². The number of nitrogens with zero attached hydrogens (tertiary/aromatic N) is 2. The van der Waals surface area contributed by atoms with Gasteiger partial charge in [-0.1, -0.05) is 18.5 Å². The predicted octanol–water partition coefficient (Wildman–Crippen LogP) is 3.31. The van der Waals surface area contributed by atoms with E-state index in [-0.39, 0.29) is 17.3 Å². The fourth-order valence-electron chi connectivity index (χ4n) is 3.68. The SMILES string of the molecule is CCCCc1cc(=O)oc2nc(ON=C3CCC4(CC3)CC4)[nH]c(=O)c12. The highest BCUT2D eigenvalue weighted by atomic mass is 16.6. The zero-order valence-corrected chi connectivity index (χ0v) is 15.0. The van der Waals surface area contributed by atoms with Crippen molar-refractivity contribution in [2.75, 3.05) is 0 Å². The zero-order valence-electron chi connectivity index (χ0n) is 15.0. The van der Waals surface area contributed by atoms with Gasteiger partial charge in [0, 0.05) is 6.07 Å². The molecule has 0 amide bonds. The number of aromatic amines is 1. The number of aryl methyl sites for hydroxylation is 1. The summed E-state index contributed by atoms with van der Waals surface area (Å²) >= 11 is 0. The van der Waals surface area contributed by atoms with Gasteiger partial charge in [0.05, 0.1) is 5.71 Å². The number of H-pyrrole nitrogens is 1. The Kier molecular flexibility index (Phi) is 4.38. The molecule has 26 heavy (non-hydrogen) atoms. The monoisotopic (exact) mass is 357 g/mol. The highest BCUT2D eigenvalue weighted by molar-refractivity contribution is 5.85. The summed E-state index contributed by atoms with van der Waals surface area (Å²) in [6.07, 6.45) is 9.31. The van der Waals surface area contributed by atoms with Crippen LogP contribution in [0.1, 0.15) is 63.9 Å². The van der Waals surface area contributed by atoms with Crippen molar-refractivity contribution in [3.05, 3.63) is 32.4 Å². The third-order valence-electron chi connectivity index (χ3n) is 5.58. The predicted molar refractivity (Wildman–Crippen MR) is 97.7 cm³/mol. The third kappa shape index (κ3) is 3.43. The van der Waals surface area contributed by atoms with E-state index in [4.69, 9.17) is 9.25 Å². The lowest BCUT2D eigenvalue weighted by molar-refractivity contribution is 0.302. The molecular formula is C19H23N3O4. The van der Waals surface area contributed by atoms with Gasteiger partial charge in [0.15, 0.2) is 0 Å². The average Bonchev–Trinajstić information content (AvgIpc) is 3.38. The van der Waals surface area contributed by atoms with Crippen molar-refractivity contribution in [1.29, 1.82) is 0 Å². The minimum absolute atomic E-state index is 0.00290. The molecule has 2 heterocycles. The van der Waals surface area contributed by atoms with Crippen molar-refractivity contribution >= 4 is 16.8 Å². The van der Waals surface area contributed by atoms with Gasteiger partial charge in [-0.25, -0.2) is 4.79 Å². The van der Waals surface area contributed by atoms with Gasteiger partial charge < -0.3 is 9.25 Å². The molecule has 0 saturated heterocycles. The Morgan fingerprint density at radius 2 is 2.04 bits per heavy atom. The minimum Gasteiger partial charge on any atom is -0.403 e. The molecule has 0 radical (unpaired) electrons. The number of rotatable bonds is 5. The molecule has 7 nitrogen and oxygen atoms in total. The molecule has 2 aromatic heterocycles. The van der Waals surface area contributed by atoms with Crippen molar-refractivity contribution in [2.45, 2.75) is 64.7 Å². The van der Waals surface area contributed by atoms with E-state index in [1.165, 1.54) is 18.9 Å². The largest absolute Gasteiger partial charge is 0.403 e. The van der Waals surface area contributed by atoms with Crippen molar-refractivity contribution < 1.29 is 9.25 Å². The maximum Gasteiger partial charge on any atom is 0.337 e. The van der Waals surface area contributed by atoms with Crippen molar-refractivity contribution in [1.82, 2.24) is 9.97 Å². The van der Waals surface area contributed by atoms with Crippen LogP contribution < -0.4 is 16.0 Å². The van der Waals surface area contributed by atoms with Gasteiger partial charge >= 0.3 is 11.6 Å². The number of fused-ring (bicyclic) bond motifs is 1. The number of oxime groups is 1. The summed E-state index contributed by atoms with van der Waals surface area (Å²) in [5.74, 6) is 0. The van der Waals surface area contributed by atoms with Crippen LogP contribution >= 0.6 is 0 Å². The van der Waals surface area contributed by atoms with E-state index in [9.17, 15) is 9.59 Å². The second-order valence-electron chi connectivity index (χ2n) is 7.49. The van der Waals surface area contributed by atoms with Crippen LogP contribution in [-0.4, -0.2) is 15.7 Å². The molecule has 1 N–H and O–H groups in total. The molecule has 2 aliphatic carbocycles. The second-order valence-corrected chi connectivity index (χ2v) is 7.49. The van der Waals surface area contributed by atoms with Crippen LogP contribution in [0.25, 0.3) is 11.1 Å². The van der Waals surface area contributed by atoms with Crippen LogP contribution in [0, 0.1) is 5.41 Å². The van der Waals surface area contributed by atoms with E-state index >= 15 is 0 Å². The third-order valence-corrected chi connectivity index (χ3v) is 5.58. The van der Waals surface area contributed by atoms with E-state index in [0.717, 1.165) is 44.2 Å². The Bertz CT molecular complexity index is 957. The lowest BCUT2D eigenvalue weighted by Crippen LogP contribution is -2.17. The molecule has 0 unspecified atom stereocenters. The minimum atomic E-state index is -0.513. The Morgan fingerprint density at radius 3 is 2.73 bits per heavy atom. The Hall–Kier alpha value is -2.44. The van der Waals surface area contributed by atoms with Crippen LogP contribution in [0.5, 0.6) is 6.01 Å². The van der Waals surface area contributed by atoms with E-state index in [0.29, 0.717) is 22.8 Å². The molecule has 7 heteroatoms. The first-order valence-corrected chi connectivity index (χ1v) is 9.38. The zero-order chi connectivity index (χ0) is 18.1. The first-order valence-electron chi connectivity index (χ1n) is 9.38. The topological polar surface area (TPSA) is 97.5 Å². The van der Waals surface area contributed by atoms with E-state index < -0.39 is 5.63 Å². The van der Waals surface area contributed by atoms with Gasteiger partial charge in [-0.2, -0.15) is 4.98 Å². The van der Waals surface area contributed by atoms with E-state index in [1.807, 2.05) is 0 Å². The lowest BCUT2D eigenvalue weighted by Gasteiger charge is -2.21. The second kappa shape index (κ2) is 6.70. The number of unbranched alkanes of at least 4 members (excludes halogenated alkanes) is 1. The highest BCUT2D eigenvalue weighted by Gasteiger charge is 2.44. The van der Waals surface area contributed by atoms with E-state index in [2.05, 4.69) is 22.0 Å². The Labute approximate surface area is 150 Å². The molecule has 0 aromatic carbocycles. The Balaban J connectivity index is 1.58. The summed E-state index contributed by atoms with van der Waals surface area (Å²) in [5.41, 5.74) is 1.34. The van der Waals surface area contributed by atoms with Crippen LogP contribution in [0.15, 0.2) is 25.2 Å². The standard InChI is InChI=1S/C19H23N3O4/c1-2-3-4-12-11-14(23)25-17-15(12)16(24)20-18(21-17)26-22-13-5-7-19(8-6-13)9-10-19/h11H,2-10H2,1H3,(H,20,21,24). The van der Waals surface area contributed by atoms with Crippen molar-refractivity contribution in [3.63, 3.8) is 0 Å². The number of hydrogen-bond donors (Lipinski definition) is 1. The molecule has 1 spiro atoms. The average molecular weight is 357 g/mol. The number of aromatic nitrogens is 2. The first-order chi connectivity index (χ1) is 12.6. The lowest BCUT2D eigenvalue weighted by atomic mass is 9.85. The maximum absolute atomic E-state index is 12.5.